The second-order valence-corrected chi connectivity index (χ2v) is 9.73. The Morgan fingerprint density at radius 1 is 1.08 bits per heavy atom. The average molecular weight is 490 g/mol. The molecule has 2 amide bonds. The third kappa shape index (κ3) is 5.56. The van der Waals surface area contributed by atoms with Crippen LogP contribution in [-0.2, 0) is 22.5 Å². The SMILES string of the molecule is Cc1[nH]nc2c1c(=O)n(CCNC(=O)C(Cc1ccccc1)NC(=O)OC(C)(C)C)c1ccccc21. The standard InChI is InChI=1S/C27H31N5O4/c1-17-22-23(31-30-17)19-12-8-9-13-21(19)32(25(22)34)15-14-28-24(33)20(16-18-10-6-5-7-11-18)29-26(35)36-27(2,3)4/h5-13,20H,14-16H2,1-4H3,(H,28,33)(H,29,35)(H,30,31). The van der Waals surface area contributed by atoms with Crippen LogP contribution in [0, 0.1) is 6.92 Å². The zero-order valence-electron chi connectivity index (χ0n) is 20.9. The van der Waals surface area contributed by atoms with Gasteiger partial charge in [0.25, 0.3) is 5.56 Å². The van der Waals surface area contributed by atoms with Crippen molar-refractivity contribution in [3.05, 3.63) is 76.2 Å². The van der Waals surface area contributed by atoms with E-state index in [2.05, 4.69) is 20.8 Å². The molecule has 2 heterocycles. The van der Waals surface area contributed by atoms with E-state index >= 15 is 0 Å². The number of aromatic nitrogens is 3. The van der Waals surface area contributed by atoms with Gasteiger partial charge in [0, 0.05) is 30.6 Å². The summed E-state index contributed by atoms with van der Waals surface area (Å²) in [5.74, 6) is -0.359. The Labute approximate surface area is 208 Å². The predicted octanol–water partition coefficient (Wildman–Crippen LogP) is 3.44. The number of aryl methyl sites for hydroxylation is 1. The van der Waals surface area contributed by atoms with Crippen LogP contribution >= 0.6 is 0 Å². The van der Waals surface area contributed by atoms with Crippen molar-refractivity contribution in [1.82, 2.24) is 25.4 Å². The van der Waals surface area contributed by atoms with Crippen LogP contribution in [-0.4, -0.2) is 45.0 Å². The van der Waals surface area contributed by atoms with Crippen molar-refractivity contribution in [2.45, 2.75) is 52.3 Å². The van der Waals surface area contributed by atoms with E-state index in [1.807, 2.05) is 61.5 Å². The van der Waals surface area contributed by atoms with Gasteiger partial charge in [0.15, 0.2) is 0 Å². The highest BCUT2D eigenvalue weighted by molar-refractivity contribution is 6.03. The number of carbonyl (C=O) groups excluding carboxylic acids is 2. The van der Waals surface area contributed by atoms with Crippen molar-refractivity contribution in [3.63, 3.8) is 0 Å². The van der Waals surface area contributed by atoms with Crippen molar-refractivity contribution >= 4 is 33.8 Å². The fourth-order valence-electron chi connectivity index (χ4n) is 4.18. The number of amides is 2. The molecule has 0 fully saturated rings. The summed E-state index contributed by atoms with van der Waals surface area (Å²) in [4.78, 5) is 38.8. The summed E-state index contributed by atoms with van der Waals surface area (Å²) in [6.07, 6.45) is -0.365. The zero-order valence-corrected chi connectivity index (χ0v) is 20.9. The van der Waals surface area contributed by atoms with E-state index in [1.54, 1.807) is 25.3 Å². The quantitative estimate of drug-likeness (QED) is 0.368. The monoisotopic (exact) mass is 489 g/mol. The maximum atomic E-state index is 13.3. The summed E-state index contributed by atoms with van der Waals surface area (Å²) in [5, 5.41) is 14.2. The largest absolute Gasteiger partial charge is 0.444 e. The first-order valence-electron chi connectivity index (χ1n) is 11.9. The normalized spacial score (nSPS) is 12.4. The Balaban J connectivity index is 1.52. The number of benzene rings is 2. The minimum absolute atomic E-state index is 0.170. The zero-order chi connectivity index (χ0) is 25.9. The Morgan fingerprint density at radius 2 is 1.78 bits per heavy atom. The summed E-state index contributed by atoms with van der Waals surface area (Å²) in [6.45, 7) is 7.56. The molecule has 2 aromatic carbocycles. The van der Waals surface area contributed by atoms with E-state index in [9.17, 15) is 14.4 Å². The number of hydrogen-bond acceptors (Lipinski definition) is 5. The van der Waals surface area contributed by atoms with Crippen LogP contribution in [0.15, 0.2) is 59.4 Å². The molecule has 0 spiro atoms. The first kappa shape index (κ1) is 25.0. The molecule has 0 bridgehead atoms. The van der Waals surface area contributed by atoms with Crippen LogP contribution in [0.1, 0.15) is 32.0 Å². The highest BCUT2D eigenvalue weighted by Gasteiger charge is 2.25. The van der Waals surface area contributed by atoms with E-state index in [0.717, 1.165) is 16.5 Å². The van der Waals surface area contributed by atoms with Gasteiger partial charge < -0.3 is 19.9 Å². The second-order valence-electron chi connectivity index (χ2n) is 9.73. The van der Waals surface area contributed by atoms with Crippen LogP contribution in [0.25, 0.3) is 21.8 Å². The first-order chi connectivity index (χ1) is 17.1. The number of rotatable bonds is 7. The van der Waals surface area contributed by atoms with Gasteiger partial charge in [-0.25, -0.2) is 4.79 Å². The highest BCUT2D eigenvalue weighted by atomic mass is 16.6. The van der Waals surface area contributed by atoms with Crippen LogP contribution < -0.4 is 16.2 Å². The second kappa shape index (κ2) is 10.2. The third-order valence-corrected chi connectivity index (χ3v) is 5.78. The smallest absolute Gasteiger partial charge is 0.408 e. The molecular weight excluding hydrogens is 458 g/mol. The molecule has 3 N–H and O–H groups in total. The number of hydrogen-bond donors (Lipinski definition) is 3. The van der Waals surface area contributed by atoms with Crippen molar-refractivity contribution in [2.24, 2.45) is 0 Å². The molecule has 4 aromatic rings. The summed E-state index contributed by atoms with van der Waals surface area (Å²) >= 11 is 0. The van der Waals surface area contributed by atoms with Crippen LogP contribution in [0.5, 0.6) is 0 Å². The summed E-state index contributed by atoms with van der Waals surface area (Å²) < 4.78 is 7.00. The lowest BCUT2D eigenvalue weighted by molar-refractivity contribution is -0.123. The summed E-state index contributed by atoms with van der Waals surface area (Å²) in [6, 6.07) is 16.2. The molecule has 0 aliphatic rings. The first-order valence-corrected chi connectivity index (χ1v) is 11.9. The molecule has 1 unspecified atom stereocenters. The van der Waals surface area contributed by atoms with Crippen molar-refractivity contribution < 1.29 is 14.3 Å². The molecule has 0 aliphatic heterocycles. The topological polar surface area (TPSA) is 118 Å². The fourth-order valence-corrected chi connectivity index (χ4v) is 4.18. The van der Waals surface area contributed by atoms with Gasteiger partial charge in [-0.15, -0.1) is 0 Å². The molecular formula is C27H31N5O4. The van der Waals surface area contributed by atoms with Gasteiger partial charge in [0.05, 0.1) is 10.9 Å². The average Bonchev–Trinajstić information content (AvgIpc) is 3.22. The molecule has 0 aliphatic carbocycles. The van der Waals surface area contributed by atoms with Crippen LogP contribution in [0.4, 0.5) is 4.79 Å². The summed E-state index contributed by atoms with van der Waals surface area (Å²) in [7, 11) is 0. The highest BCUT2D eigenvalue weighted by Crippen LogP contribution is 2.22. The number of alkyl carbamates (subject to hydrolysis) is 1. The number of aromatic amines is 1. The van der Waals surface area contributed by atoms with E-state index < -0.39 is 17.7 Å². The van der Waals surface area contributed by atoms with Gasteiger partial charge >= 0.3 is 6.09 Å². The molecule has 0 radical (unpaired) electrons. The molecule has 188 valence electrons. The van der Waals surface area contributed by atoms with Gasteiger partial charge in [-0.2, -0.15) is 5.10 Å². The third-order valence-electron chi connectivity index (χ3n) is 5.78. The number of pyridine rings is 1. The number of fused-ring (bicyclic) bond motifs is 3. The number of para-hydroxylation sites is 1. The molecule has 2 aromatic heterocycles. The van der Waals surface area contributed by atoms with Gasteiger partial charge in [-0.05, 0) is 39.3 Å². The lowest BCUT2D eigenvalue weighted by Gasteiger charge is -2.23. The molecule has 0 saturated carbocycles. The van der Waals surface area contributed by atoms with Gasteiger partial charge in [0.2, 0.25) is 5.91 Å². The molecule has 9 nitrogen and oxygen atoms in total. The van der Waals surface area contributed by atoms with Crippen LogP contribution in [0.3, 0.4) is 0 Å². The Kier molecular flexibility index (Phi) is 7.10. The Morgan fingerprint density at radius 3 is 2.50 bits per heavy atom. The Bertz CT molecular complexity index is 1450. The number of ether oxygens (including phenoxy) is 1. The van der Waals surface area contributed by atoms with E-state index in [4.69, 9.17) is 4.74 Å². The molecule has 4 rings (SSSR count). The van der Waals surface area contributed by atoms with Gasteiger partial charge in [0.1, 0.15) is 17.2 Å². The lowest BCUT2D eigenvalue weighted by Crippen LogP contribution is -2.50. The molecule has 0 saturated heterocycles. The molecule has 1 atom stereocenters. The minimum atomic E-state index is -0.839. The lowest BCUT2D eigenvalue weighted by atomic mass is 10.1. The fraction of sp³-hybridized carbons (Fsp3) is 0.333. The van der Waals surface area contributed by atoms with E-state index in [-0.39, 0.29) is 24.6 Å². The molecule has 9 heteroatoms. The number of H-pyrrole nitrogens is 1. The summed E-state index contributed by atoms with van der Waals surface area (Å²) in [5.41, 5.74) is 2.11. The van der Waals surface area contributed by atoms with Crippen LogP contribution in [0.2, 0.25) is 0 Å². The van der Waals surface area contributed by atoms with Gasteiger partial charge in [-0.3, -0.25) is 14.7 Å². The van der Waals surface area contributed by atoms with Gasteiger partial charge in [-0.1, -0.05) is 48.5 Å². The maximum absolute atomic E-state index is 13.3. The number of nitrogens with one attached hydrogen (secondary N) is 3. The van der Waals surface area contributed by atoms with Crippen molar-refractivity contribution in [1.29, 1.82) is 0 Å². The maximum Gasteiger partial charge on any atom is 0.408 e. The number of nitrogens with zero attached hydrogens (tertiary/aromatic N) is 2. The minimum Gasteiger partial charge on any atom is -0.444 e. The van der Waals surface area contributed by atoms with Crippen molar-refractivity contribution in [2.75, 3.05) is 6.54 Å². The molecule has 36 heavy (non-hydrogen) atoms. The number of carbonyl (C=O) groups is 2. The predicted molar refractivity (Wildman–Crippen MR) is 139 cm³/mol. The van der Waals surface area contributed by atoms with E-state index in [1.165, 1.54) is 0 Å². The van der Waals surface area contributed by atoms with Crippen molar-refractivity contribution in [3.8, 4) is 0 Å². The van der Waals surface area contributed by atoms with E-state index in [0.29, 0.717) is 23.0 Å². The Hall–Kier alpha value is -4.14.